The lowest BCUT2D eigenvalue weighted by molar-refractivity contribution is -0.124. The quantitative estimate of drug-likeness (QED) is 0.901. The summed E-state index contributed by atoms with van der Waals surface area (Å²) in [6.45, 7) is 4.79. The van der Waals surface area contributed by atoms with Crippen molar-refractivity contribution in [1.29, 1.82) is 5.26 Å². The van der Waals surface area contributed by atoms with Gasteiger partial charge in [-0.25, -0.2) is 0 Å². The number of nitrogens with zero attached hydrogens (tertiary/aromatic N) is 2. The summed E-state index contributed by atoms with van der Waals surface area (Å²) >= 11 is 0. The zero-order valence-electron chi connectivity index (χ0n) is 12.5. The van der Waals surface area contributed by atoms with Gasteiger partial charge < -0.3 is 10.2 Å². The molecule has 4 nitrogen and oxygen atoms in total. The summed E-state index contributed by atoms with van der Waals surface area (Å²) in [7, 11) is 0. The van der Waals surface area contributed by atoms with Crippen LogP contribution in [0.2, 0.25) is 0 Å². The first kappa shape index (κ1) is 14.1. The number of fused-ring (bicyclic) bond motifs is 2. The molecule has 1 N–H and O–H groups in total. The molecule has 0 unspecified atom stereocenters. The minimum atomic E-state index is -0.193. The molecular formula is C17H21N3O. The molecule has 110 valence electrons. The van der Waals surface area contributed by atoms with Crippen LogP contribution in [0, 0.1) is 18.3 Å². The van der Waals surface area contributed by atoms with Gasteiger partial charge in [0.2, 0.25) is 5.91 Å². The van der Waals surface area contributed by atoms with Crippen molar-refractivity contribution >= 4 is 5.91 Å². The molecule has 4 heteroatoms. The van der Waals surface area contributed by atoms with Crippen molar-refractivity contribution in [3.8, 4) is 6.07 Å². The third-order valence-corrected chi connectivity index (χ3v) is 4.76. The average molecular weight is 283 g/mol. The molecule has 0 bridgehead atoms. The number of hydrogen-bond acceptors (Lipinski definition) is 3. The molecule has 1 fully saturated rings. The molecule has 0 aromatic heterocycles. The predicted octanol–water partition coefficient (Wildman–Crippen LogP) is 1.87. The zero-order chi connectivity index (χ0) is 14.9. The number of piperidine rings is 1. The number of amides is 1. The SMILES string of the molecule is Cc1ccc2c(c1)CC(=O)NC21CCN(CCC#N)CC1. The van der Waals surface area contributed by atoms with E-state index in [2.05, 4.69) is 41.4 Å². The highest BCUT2D eigenvalue weighted by molar-refractivity contribution is 5.82. The Hall–Kier alpha value is -1.86. The van der Waals surface area contributed by atoms with Crippen LogP contribution in [0.5, 0.6) is 0 Å². The topological polar surface area (TPSA) is 56.1 Å². The fourth-order valence-electron chi connectivity index (χ4n) is 3.65. The monoisotopic (exact) mass is 283 g/mol. The minimum Gasteiger partial charge on any atom is -0.346 e. The highest BCUT2D eigenvalue weighted by Crippen LogP contribution is 2.38. The normalized spacial score (nSPS) is 20.7. The summed E-state index contributed by atoms with van der Waals surface area (Å²) in [6.07, 6.45) is 2.94. The molecule has 0 saturated carbocycles. The van der Waals surface area contributed by atoms with Crippen molar-refractivity contribution in [3.05, 3.63) is 34.9 Å². The standard InChI is InChI=1S/C17H21N3O/c1-13-3-4-15-14(11-13)12-16(21)19-17(15)5-9-20(10-6-17)8-2-7-18/h3-4,11H,2,5-6,8-10,12H2,1H3,(H,19,21). The zero-order valence-corrected chi connectivity index (χ0v) is 12.5. The van der Waals surface area contributed by atoms with Crippen LogP contribution in [0.4, 0.5) is 0 Å². The van der Waals surface area contributed by atoms with Crippen LogP contribution >= 0.6 is 0 Å². The smallest absolute Gasteiger partial charge is 0.225 e. The van der Waals surface area contributed by atoms with Crippen molar-refractivity contribution in [1.82, 2.24) is 10.2 Å². The van der Waals surface area contributed by atoms with E-state index in [1.807, 2.05) is 0 Å². The molecule has 21 heavy (non-hydrogen) atoms. The van der Waals surface area contributed by atoms with Crippen LogP contribution in [-0.2, 0) is 16.8 Å². The maximum Gasteiger partial charge on any atom is 0.225 e. The Morgan fingerprint density at radius 3 is 2.86 bits per heavy atom. The van der Waals surface area contributed by atoms with Crippen LogP contribution in [0.3, 0.4) is 0 Å². The van der Waals surface area contributed by atoms with E-state index in [1.165, 1.54) is 16.7 Å². The lowest BCUT2D eigenvalue weighted by atomic mass is 9.75. The van der Waals surface area contributed by atoms with E-state index < -0.39 is 0 Å². The number of hydrogen-bond donors (Lipinski definition) is 1. The number of nitrogens with one attached hydrogen (secondary N) is 1. The van der Waals surface area contributed by atoms with E-state index in [-0.39, 0.29) is 11.4 Å². The fourth-order valence-corrected chi connectivity index (χ4v) is 3.65. The van der Waals surface area contributed by atoms with Gasteiger partial charge in [-0.2, -0.15) is 5.26 Å². The van der Waals surface area contributed by atoms with E-state index in [0.29, 0.717) is 12.8 Å². The Bertz CT molecular complexity index is 595. The number of rotatable bonds is 2. The highest BCUT2D eigenvalue weighted by Gasteiger charge is 2.41. The molecule has 1 spiro atoms. The lowest BCUT2D eigenvalue weighted by Gasteiger charge is -2.45. The number of carbonyl (C=O) groups excluding carboxylic acids is 1. The molecule has 0 atom stereocenters. The summed E-state index contributed by atoms with van der Waals surface area (Å²) in [5.74, 6) is 0.138. The molecule has 0 radical (unpaired) electrons. The number of nitriles is 1. The van der Waals surface area contributed by atoms with Crippen molar-refractivity contribution in [2.75, 3.05) is 19.6 Å². The number of aryl methyl sites for hydroxylation is 1. The van der Waals surface area contributed by atoms with Gasteiger partial charge in [-0.1, -0.05) is 23.8 Å². The van der Waals surface area contributed by atoms with Gasteiger partial charge in [0.25, 0.3) is 0 Å². The van der Waals surface area contributed by atoms with E-state index in [9.17, 15) is 4.79 Å². The Labute approximate surface area is 125 Å². The third kappa shape index (κ3) is 2.66. The molecule has 1 amide bonds. The molecular weight excluding hydrogens is 262 g/mol. The molecule has 2 aliphatic heterocycles. The maximum absolute atomic E-state index is 12.1. The first-order chi connectivity index (χ1) is 10.1. The fraction of sp³-hybridized carbons (Fsp3) is 0.529. The Morgan fingerprint density at radius 2 is 2.14 bits per heavy atom. The maximum atomic E-state index is 12.1. The first-order valence-electron chi connectivity index (χ1n) is 7.63. The predicted molar refractivity (Wildman–Crippen MR) is 80.6 cm³/mol. The van der Waals surface area contributed by atoms with Crippen molar-refractivity contribution in [2.45, 2.75) is 38.1 Å². The van der Waals surface area contributed by atoms with E-state index in [4.69, 9.17) is 5.26 Å². The first-order valence-corrected chi connectivity index (χ1v) is 7.63. The third-order valence-electron chi connectivity index (χ3n) is 4.76. The molecule has 1 saturated heterocycles. The number of carbonyl (C=O) groups is 1. The number of benzene rings is 1. The van der Waals surface area contributed by atoms with Crippen LogP contribution in [-0.4, -0.2) is 30.4 Å². The number of likely N-dealkylation sites (tertiary alicyclic amines) is 1. The minimum absolute atomic E-state index is 0.138. The second-order valence-electron chi connectivity index (χ2n) is 6.22. The van der Waals surface area contributed by atoms with Gasteiger partial charge in [-0.3, -0.25) is 4.79 Å². The highest BCUT2D eigenvalue weighted by atomic mass is 16.1. The van der Waals surface area contributed by atoms with Gasteiger partial charge in [0.1, 0.15) is 0 Å². The summed E-state index contributed by atoms with van der Waals surface area (Å²) in [4.78, 5) is 14.4. The Balaban J connectivity index is 1.83. The average Bonchev–Trinajstić information content (AvgIpc) is 2.46. The summed E-state index contributed by atoms with van der Waals surface area (Å²) in [6, 6.07) is 8.68. The van der Waals surface area contributed by atoms with Crippen LogP contribution < -0.4 is 5.32 Å². The van der Waals surface area contributed by atoms with Crippen molar-refractivity contribution in [3.63, 3.8) is 0 Å². The van der Waals surface area contributed by atoms with Gasteiger partial charge in [0, 0.05) is 26.1 Å². The van der Waals surface area contributed by atoms with Gasteiger partial charge in [0.15, 0.2) is 0 Å². The van der Waals surface area contributed by atoms with Crippen molar-refractivity contribution < 1.29 is 4.79 Å². The summed E-state index contributed by atoms with van der Waals surface area (Å²) in [5.41, 5.74) is 3.50. The van der Waals surface area contributed by atoms with E-state index >= 15 is 0 Å². The van der Waals surface area contributed by atoms with Crippen LogP contribution in [0.15, 0.2) is 18.2 Å². The summed E-state index contributed by atoms with van der Waals surface area (Å²) < 4.78 is 0. The summed E-state index contributed by atoms with van der Waals surface area (Å²) in [5, 5.41) is 11.9. The lowest BCUT2D eigenvalue weighted by Crippen LogP contribution is -2.56. The molecule has 1 aromatic carbocycles. The van der Waals surface area contributed by atoms with Gasteiger partial charge in [-0.15, -0.1) is 0 Å². The van der Waals surface area contributed by atoms with E-state index in [0.717, 1.165) is 32.5 Å². The molecule has 3 rings (SSSR count). The second kappa shape index (κ2) is 5.50. The molecule has 0 aliphatic carbocycles. The van der Waals surface area contributed by atoms with Gasteiger partial charge >= 0.3 is 0 Å². The molecule has 2 heterocycles. The Kier molecular flexibility index (Phi) is 3.69. The van der Waals surface area contributed by atoms with Gasteiger partial charge in [0.05, 0.1) is 18.0 Å². The van der Waals surface area contributed by atoms with Gasteiger partial charge in [-0.05, 0) is 30.9 Å². The molecule has 1 aromatic rings. The van der Waals surface area contributed by atoms with Crippen molar-refractivity contribution in [2.24, 2.45) is 0 Å². The van der Waals surface area contributed by atoms with Crippen LogP contribution in [0.25, 0.3) is 0 Å². The largest absolute Gasteiger partial charge is 0.346 e. The van der Waals surface area contributed by atoms with Crippen LogP contribution in [0.1, 0.15) is 36.0 Å². The second-order valence-corrected chi connectivity index (χ2v) is 6.22. The Morgan fingerprint density at radius 1 is 1.38 bits per heavy atom. The van der Waals surface area contributed by atoms with E-state index in [1.54, 1.807) is 0 Å². The molecule has 2 aliphatic rings.